The van der Waals surface area contributed by atoms with Crippen LogP contribution in [-0.2, 0) is 9.53 Å². The molecule has 0 saturated carbocycles. The second kappa shape index (κ2) is 6.59. The Bertz CT molecular complexity index is 535. The predicted molar refractivity (Wildman–Crippen MR) is 79.8 cm³/mol. The van der Waals surface area contributed by atoms with E-state index in [0.29, 0.717) is 23.7 Å². The molecule has 20 heavy (non-hydrogen) atoms. The standard InChI is InChI=1S/C14H15BrClNO3/c1-20-14(19)9-3-2-6-17(8-9)13(18)11-5-4-10(15)7-12(11)16/h4-5,7,9H,2-3,6,8H2,1H3/t9-/m0/s1. The molecule has 1 heterocycles. The van der Waals surface area contributed by atoms with Gasteiger partial charge in [-0.05, 0) is 31.0 Å². The van der Waals surface area contributed by atoms with Crippen molar-refractivity contribution in [1.82, 2.24) is 4.90 Å². The number of piperidine rings is 1. The van der Waals surface area contributed by atoms with E-state index < -0.39 is 0 Å². The minimum absolute atomic E-state index is 0.142. The topological polar surface area (TPSA) is 46.6 Å². The minimum Gasteiger partial charge on any atom is -0.469 e. The maximum Gasteiger partial charge on any atom is 0.310 e. The van der Waals surface area contributed by atoms with Crippen molar-refractivity contribution in [3.05, 3.63) is 33.3 Å². The maximum atomic E-state index is 12.5. The van der Waals surface area contributed by atoms with E-state index in [0.717, 1.165) is 17.3 Å². The fourth-order valence-electron chi connectivity index (χ4n) is 2.35. The molecule has 0 aromatic heterocycles. The summed E-state index contributed by atoms with van der Waals surface area (Å²) >= 11 is 9.41. The molecule has 0 bridgehead atoms. The normalized spacial score (nSPS) is 18.8. The Balaban J connectivity index is 2.14. The van der Waals surface area contributed by atoms with Crippen molar-refractivity contribution in [1.29, 1.82) is 0 Å². The van der Waals surface area contributed by atoms with Crippen molar-refractivity contribution < 1.29 is 14.3 Å². The molecule has 2 rings (SSSR count). The maximum absolute atomic E-state index is 12.5. The number of hydrogen-bond donors (Lipinski definition) is 0. The lowest BCUT2D eigenvalue weighted by molar-refractivity contribution is -0.146. The van der Waals surface area contributed by atoms with Gasteiger partial charge in [-0.2, -0.15) is 0 Å². The van der Waals surface area contributed by atoms with Gasteiger partial charge < -0.3 is 9.64 Å². The second-order valence-corrected chi connectivity index (χ2v) is 6.06. The fraction of sp³-hybridized carbons (Fsp3) is 0.429. The van der Waals surface area contributed by atoms with E-state index in [9.17, 15) is 9.59 Å². The molecule has 0 spiro atoms. The molecular weight excluding hydrogens is 346 g/mol. The molecule has 0 N–H and O–H groups in total. The Morgan fingerprint density at radius 3 is 2.85 bits per heavy atom. The average molecular weight is 361 g/mol. The molecule has 6 heteroatoms. The Hall–Kier alpha value is -1.07. The zero-order valence-electron chi connectivity index (χ0n) is 11.1. The molecule has 0 radical (unpaired) electrons. The van der Waals surface area contributed by atoms with Gasteiger partial charge >= 0.3 is 5.97 Å². The van der Waals surface area contributed by atoms with Crippen LogP contribution in [0.1, 0.15) is 23.2 Å². The lowest BCUT2D eigenvalue weighted by Gasteiger charge is -2.31. The summed E-state index contributed by atoms with van der Waals surface area (Å²) in [4.78, 5) is 25.7. The van der Waals surface area contributed by atoms with Crippen LogP contribution in [0.4, 0.5) is 0 Å². The molecule has 108 valence electrons. The smallest absolute Gasteiger partial charge is 0.310 e. The summed E-state index contributed by atoms with van der Waals surface area (Å²) < 4.78 is 5.58. The molecular formula is C14H15BrClNO3. The SMILES string of the molecule is COC(=O)[C@H]1CCCN(C(=O)c2ccc(Br)cc2Cl)C1. The van der Waals surface area contributed by atoms with E-state index in [-0.39, 0.29) is 17.8 Å². The lowest BCUT2D eigenvalue weighted by Crippen LogP contribution is -2.42. The monoisotopic (exact) mass is 359 g/mol. The molecule has 1 saturated heterocycles. The van der Waals surface area contributed by atoms with Crippen LogP contribution >= 0.6 is 27.5 Å². The summed E-state index contributed by atoms with van der Waals surface area (Å²) in [5.41, 5.74) is 0.459. The highest BCUT2D eigenvalue weighted by atomic mass is 79.9. The highest BCUT2D eigenvalue weighted by Crippen LogP contribution is 2.25. The van der Waals surface area contributed by atoms with Crippen LogP contribution in [-0.4, -0.2) is 37.0 Å². The number of hydrogen-bond acceptors (Lipinski definition) is 3. The van der Waals surface area contributed by atoms with E-state index in [1.807, 2.05) is 0 Å². The van der Waals surface area contributed by atoms with Gasteiger partial charge in [-0.15, -0.1) is 0 Å². The highest BCUT2D eigenvalue weighted by Gasteiger charge is 2.30. The third kappa shape index (κ3) is 3.33. The van der Waals surface area contributed by atoms with Gasteiger partial charge in [0.15, 0.2) is 0 Å². The minimum atomic E-state index is -0.260. The Labute approximate surface area is 131 Å². The van der Waals surface area contributed by atoms with Crippen molar-refractivity contribution in [2.75, 3.05) is 20.2 Å². The third-order valence-corrected chi connectivity index (χ3v) is 4.21. The number of amides is 1. The van der Waals surface area contributed by atoms with Crippen LogP contribution < -0.4 is 0 Å². The number of carbonyl (C=O) groups is 2. The van der Waals surface area contributed by atoms with Gasteiger partial charge in [-0.3, -0.25) is 9.59 Å². The predicted octanol–water partition coefficient (Wildman–Crippen LogP) is 3.13. The first kappa shape index (κ1) is 15.3. The van der Waals surface area contributed by atoms with Gasteiger partial charge in [0.05, 0.1) is 23.6 Å². The number of likely N-dealkylation sites (tertiary alicyclic amines) is 1. The number of halogens is 2. The molecule has 1 atom stereocenters. The van der Waals surface area contributed by atoms with Crippen LogP contribution in [0.15, 0.2) is 22.7 Å². The van der Waals surface area contributed by atoms with Gasteiger partial charge in [0.25, 0.3) is 5.91 Å². The van der Waals surface area contributed by atoms with Crippen LogP contribution in [0.5, 0.6) is 0 Å². The van der Waals surface area contributed by atoms with Crippen molar-refractivity contribution in [3.8, 4) is 0 Å². The average Bonchev–Trinajstić information content (AvgIpc) is 2.46. The zero-order valence-corrected chi connectivity index (χ0v) is 13.4. The molecule has 1 aliphatic heterocycles. The van der Waals surface area contributed by atoms with Gasteiger partial charge in [-0.1, -0.05) is 27.5 Å². The van der Waals surface area contributed by atoms with Crippen LogP contribution in [0, 0.1) is 5.92 Å². The number of ether oxygens (including phenoxy) is 1. The lowest BCUT2D eigenvalue weighted by atomic mass is 9.97. The van der Waals surface area contributed by atoms with Gasteiger partial charge in [0, 0.05) is 17.6 Å². The molecule has 0 unspecified atom stereocenters. The number of esters is 1. The van der Waals surface area contributed by atoms with E-state index >= 15 is 0 Å². The Kier molecular flexibility index (Phi) is 5.05. The molecule has 1 aliphatic rings. The summed E-state index contributed by atoms with van der Waals surface area (Å²) in [6.45, 7) is 1.02. The zero-order chi connectivity index (χ0) is 14.7. The summed E-state index contributed by atoms with van der Waals surface area (Å²) in [6, 6.07) is 5.16. The van der Waals surface area contributed by atoms with Gasteiger partial charge in [-0.25, -0.2) is 0 Å². The Morgan fingerprint density at radius 2 is 2.20 bits per heavy atom. The van der Waals surface area contributed by atoms with E-state index in [1.54, 1.807) is 23.1 Å². The first-order valence-corrected chi connectivity index (χ1v) is 7.52. The van der Waals surface area contributed by atoms with Gasteiger partial charge in [0.2, 0.25) is 0 Å². The van der Waals surface area contributed by atoms with Crippen molar-refractivity contribution in [2.45, 2.75) is 12.8 Å². The summed E-state index contributed by atoms with van der Waals surface area (Å²) in [5, 5.41) is 0.407. The van der Waals surface area contributed by atoms with Crippen molar-refractivity contribution in [2.24, 2.45) is 5.92 Å². The summed E-state index contributed by atoms with van der Waals surface area (Å²) in [6.07, 6.45) is 1.55. The van der Waals surface area contributed by atoms with Crippen LogP contribution in [0.2, 0.25) is 5.02 Å². The number of nitrogens with zero attached hydrogens (tertiary/aromatic N) is 1. The quantitative estimate of drug-likeness (QED) is 0.761. The van der Waals surface area contributed by atoms with E-state index in [4.69, 9.17) is 16.3 Å². The molecule has 1 aromatic carbocycles. The summed E-state index contributed by atoms with van der Waals surface area (Å²) in [7, 11) is 1.37. The van der Waals surface area contributed by atoms with E-state index in [1.165, 1.54) is 7.11 Å². The Morgan fingerprint density at radius 1 is 1.45 bits per heavy atom. The number of benzene rings is 1. The first-order valence-electron chi connectivity index (χ1n) is 6.35. The van der Waals surface area contributed by atoms with Gasteiger partial charge in [0.1, 0.15) is 0 Å². The third-order valence-electron chi connectivity index (χ3n) is 3.40. The van der Waals surface area contributed by atoms with Crippen LogP contribution in [0.25, 0.3) is 0 Å². The highest BCUT2D eigenvalue weighted by molar-refractivity contribution is 9.10. The number of rotatable bonds is 2. The van der Waals surface area contributed by atoms with E-state index in [2.05, 4.69) is 15.9 Å². The van der Waals surface area contributed by atoms with Crippen LogP contribution in [0.3, 0.4) is 0 Å². The largest absolute Gasteiger partial charge is 0.469 e. The molecule has 4 nitrogen and oxygen atoms in total. The second-order valence-electron chi connectivity index (χ2n) is 4.74. The number of carbonyl (C=O) groups excluding carboxylic acids is 2. The molecule has 1 amide bonds. The van der Waals surface area contributed by atoms with Crippen molar-refractivity contribution in [3.63, 3.8) is 0 Å². The molecule has 1 aromatic rings. The van der Waals surface area contributed by atoms with Crippen molar-refractivity contribution >= 4 is 39.4 Å². The molecule has 0 aliphatic carbocycles. The first-order chi connectivity index (χ1) is 9.52. The fourth-order valence-corrected chi connectivity index (χ4v) is 3.11. The molecule has 1 fully saturated rings. The number of methoxy groups -OCH3 is 1. The summed E-state index contributed by atoms with van der Waals surface area (Å²) in [5.74, 6) is -0.646.